The van der Waals surface area contributed by atoms with Gasteiger partial charge in [0.05, 0.1) is 74.0 Å². The van der Waals surface area contributed by atoms with Crippen LogP contribution in [0.1, 0.15) is 88.7 Å². The number of aliphatic hydroxyl groups is 10. The first-order valence-electron chi connectivity index (χ1n) is 27.2. The van der Waals surface area contributed by atoms with Gasteiger partial charge >= 0.3 is 18.0 Å². The van der Waals surface area contributed by atoms with Crippen LogP contribution >= 0.6 is 0 Å². The zero-order chi connectivity index (χ0) is 57.9. The summed E-state index contributed by atoms with van der Waals surface area (Å²) in [6.07, 6.45) is 2.02. The van der Waals surface area contributed by atoms with Crippen molar-refractivity contribution in [1.29, 1.82) is 0 Å². The number of esters is 1. The molecule has 2 bridgehead atoms. The Kier molecular flexibility index (Phi) is 24.6. The maximum atomic E-state index is 13.4. The molecule has 438 valence electrons. The van der Waals surface area contributed by atoms with Crippen LogP contribution in [0.15, 0.2) is 134 Å². The van der Waals surface area contributed by atoms with Crippen molar-refractivity contribution in [3.05, 3.63) is 145 Å². The summed E-state index contributed by atoms with van der Waals surface area (Å²) in [6.45, 7) is 2.96. The third kappa shape index (κ3) is 18.9. The van der Waals surface area contributed by atoms with E-state index in [9.17, 15) is 70.6 Å². The minimum Gasteiger partial charge on any atom is -0.481 e. The molecule has 3 aliphatic heterocycles. The fraction of sp³-hybridized carbons (Fsp3) is 0.517. The Hall–Kier alpha value is -5.69. The van der Waals surface area contributed by atoms with Crippen LogP contribution in [0.5, 0.6) is 0 Å². The van der Waals surface area contributed by atoms with Gasteiger partial charge in [-0.25, -0.2) is 4.79 Å². The molecule has 0 unspecified atom stereocenters. The highest BCUT2D eigenvalue weighted by Gasteiger charge is 2.51. The zero-order valence-electron chi connectivity index (χ0n) is 45.0. The number of carboxylic acid groups (broad SMARTS) is 1. The Morgan fingerprint density at radius 3 is 1.85 bits per heavy atom. The molecule has 0 aromatic heterocycles. The smallest absolute Gasteiger partial charge is 0.407 e. The Labute approximate surface area is 465 Å². The maximum Gasteiger partial charge on any atom is 0.407 e. The maximum absolute atomic E-state index is 13.4. The van der Waals surface area contributed by atoms with E-state index in [0.29, 0.717) is 0 Å². The van der Waals surface area contributed by atoms with E-state index in [-0.39, 0.29) is 44.1 Å². The van der Waals surface area contributed by atoms with Crippen molar-refractivity contribution in [3.63, 3.8) is 0 Å². The van der Waals surface area contributed by atoms with Crippen molar-refractivity contribution >= 4 is 18.0 Å². The molecule has 17 atom stereocenters. The number of allylic oxidation sites excluding steroid dienone is 12. The number of alkyl carbamates (subject to hydrolysis) is 1. The molecule has 0 saturated carbocycles. The average molecular weight is 1120 g/mol. The Balaban J connectivity index is 1.17. The minimum atomic E-state index is -2.39. The summed E-state index contributed by atoms with van der Waals surface area (Å²) in [6, 6.07) is 14.2. The van der Waals surface area contributed by atoms with Gasteiger partial charge in [-0.05, 0) is 48.4 Å². The summed E-state index contributed by atoms with van der Waals surface area (Å²) >= 11 is 0. The number of rotatable bonds is 6. The number of carbonyl (C=O) groups is 3. The Morgan fingerprint density at radius 1 is 0.650 bits per heavy atom. The van der Waals surface area contributed by atoms with E-state index in [1.807, 2.05) is 55.5 Å². The number of aliphatic hydroxyl groups excluding tert-OH is 9. The van der Waals surface area contributed by atoms with Gasteiger partial charge in [0.2, 0.25) is 0 Å². The zero-order valence-corrected chi connectivity index (χ0v) is 45.0. The molecule has 6 rings (SSSR count). The lowest BCUT2D eigenvalue weighted by Crippen LogP contribution is -2.61. The predicted molar refractivity (Wildman–Crippen MR) is 292 cm³/mol. The van der Waals surface area contributed by atoms with Crippen molar-refractivity contribution < 1.29 is 94.2 Å². The molecular weight excluding hydrogens is 1040 g/mol. The van der Waals surface area contributed by atoms with E-state index >= 15 is 0 Å². The average Bonchev–Trinajstić information content (AvgIpc) is 3.79. The number of aliphatic carboxylic acids is 1. The van der Waals surface area contributed by atoms with Crippen LogP contribution in [0.3, 0.4) is 0 Å². The third-order valence-corrected chi connectivity index (χ3v) is 14.6. The molecule has 80 heavy (non-hydrogen) atoms. The molecule has 3 heterocycles. The van der Waals surface area contributed by atoms with E-state index in [0.717, 1.165) is 22.3 Å². The molecule has 2 saturated heterocycles. The number of hydrogen-bond donors (Lipinski definition) is 12. The van der Waals surface area contributed by atoms with Crippen molar-refractivity contribution in [1.82, 2.24) is 5.32 Å². The number of fused-ring (bicyclic) bond motifs is 5. The van der Waals surface area contributed by atoms with Gasteiger partial charge in [-0.3, -0.25) is 9.59 Å². The van der Waals surface area contributed by atoms with Gasteiger partial charge in [0.1, 0.15) is 30.8 Å². The number of cyclic esters (lactones) is 1. The van der Waals surface area contributed by atoms with Gasteiger partial charge in [-0.2, -0.15) is 0 Å². The molecule has 2 aromatic carbocycles. The van der Waals surface area contributed by atoms with E-state index in [4.69, 9.17) is 23.7 Å². The second-order valence-corrected chi connectivity index (χ2v) is 21.1. The van der Waals surface area contributed by atoms with Gasteiger partial charge in [0, 0.05) is 43.9 Å². The second kappa shape index (κ2) is 30.9. The summed E-state index contributed by atoms with van der Waals surface area (Å²) in [5, 5.41) is 123. The van der Waals surface area contributed by atoms with Crippen LogP contribution in [0.4, 0.5) is 4.79 Å². The number of carbonyl (C=O) groups excluding carboxylic acids is 2. The predicted octanol–water partition coefficient (Wildman–Crippen LogP) is 3.66. The topological polar surface area (TPSA) is 332 Å². The lowest BCUT2D eigenvalue weighted by Gasteiger charge is -2.45. The van der Waals surface area contributed by atoms with E-state index in [1.165, 1.54) is 6.08 Å². The van der Waals surface area contributed by atoms with E-state index < -0.39 is 154 Å². The number of nitrogens with one attached hydrogen (secondary N) is 1. The Morgan fingerprint density at radius 2 is 1.24 bits per heavy atom. The summed E-state index contributed by atoms with van der Waals surface area (Å²) in [5.74, 6) is -6.83. The highest BCUT2D eigenvalue weighted by Crippen LogP contribution is 2.45. The molecule has 12 N–H and O–H groups in total. The van der Waals surface area contributed by atoms with E-state index in [1.54, 1.807) is 85.9 Å². The molecule has 20 nitrogen and oxygen atoms in total. The Bertz CT molecular complexity index is 2480. The van der Waals surface area contributed by atoms with Crippen LogP contribution in [-0.2, 0) is 33.3 Å². The van der Waals surface area contributed by atoms with Crippen LogP contribution in [0.25, 0.3) is 11.1 Å². The summed E-state index contributed by atoms with van der Waals surface area (Å²) < 4.78 is 29.0. The van der Waals surface area contributed by atoms with Crippen molar-refractivity contribution in [2.24, 2.45) is 11.8 Å². The molecular formula is C60H79NO19. The highest BCUT2D eigenvalue weighted by molar-refractivity contribution is 5.79. The molecule has 4 aliphatic rings. The van der Waals surface area contributed by atoms with Crippen molar-refractivity contribution in [2.45, 2.75) is 169 Å². The van der Waals surface area contributed by atoms with Gasteiger partial charge in [0.25, 0.3) is 0 Å². The van der Waals surface area contributed by atoms with Crippen molar-refractivity contribution in [3.8, 4) is 11.1 Å². The van der Waals surface area contributed by atoms with Gasteiger partial charge in [-0.15, -0.1) is 0 Å². The van der Waals surface area contributed by atoms with Gasteiger partial charge in [-0.1, -0.05) is 141 Å². The first-order chi connectivity index (χ1) is 38.2. The molecule has 0 spiro atoms. The largest absolute Gasteiger partial charge is 0.481 e. The number of carboxylic acids is 1. The SMILES string of the molecule is C[C@H]1C[C@H](O)[C@@H](C)/C=C/C=C/C=C/C=C/C=C/C=C/C=C/[C@H](O[C@@H]2OC[C@@H](O)[C@H](NC(=O)OCC3c4ccccc4-c4ccccc43)[C@@H]2O)C[C@@H]2O[C@](O)(C[C@@H](O)C[C@@H](O)[C@H](O)CC[C@@H](O)C[C@@H](O)CC(=O)O1)C[C@H](O)[C@H]2C(=O)O. The molecule has 0 radical (unpaired) electrons. The van der Waals surface area contributed by atoms with Crippen LogP contribution in [-0.4, -0.2) is 179 Å². The molecule has 2 aromatic rings. The minimum absolute atomic E-state index is 0.0514. The summed E-state index contributed by atoms with van der Waals surface area (Å²) in [5.41, 5.74) is 3.99. The number of amides is 1. The molecule has 2 fully saturated rings. The fourth-order valence-corrected chi connectivity index (χ4v) is 10.4. The van der Waals surface area contributed by atoms with Crippen LogP contribution < -0.4 is 5.32 Å². The molecule has 20 heteroatoms. The summed E-state index contributed by atoms with van der Waals surface area (Å²) in [7, 11) is 0. The number of hydrogen-bond acceptors (Lipinski definition) is 18. The molecule has 1 amide bonds. The van der Waals surface area contributed by atoms with Gasteiger partial charge < -0.3 is 85.2 Å². The van der Waals surface area contributed by atoms with Crippen LogP contribution in [0.2, 0.25) is 0 Å². The first kappa shape index (κ1) is 63.5. The van der Waals surface area contributed by atoms with Crippen molar-refractivity contribution in [2.75, 3.05) is 13.2 Å². The second-order valence-electron chi connectivity index (χ2n) is 21.1. The van der Waals surface area contributed by atoms with Crippen LogP contribution in [0, 0.1) is 11.8 Å². The van der Waals surface area contributed by atoms with E-state index in [2.05, 4.69) is 5.32 Å². The highest BCUT2D eigenvalue weighted by atomic mass is 16.7. The molecule has 1 aliphatic carbocycles. The standard InChI is InChI=1S/C60H79NO19/c1-36-19-13-11-9-7-5-3-4-6-8-10-12-14-20-41(79-58-56(71)55(51(69)35-76-58)61-59(74)77-34-46-44-23-17-15-21-42(44)43-22-16-18-24-45(43)46)31-52-54(57(72)73)50(68)33-60(75,80-52)32-40(64)29-49(67)47(65)26-25-38(62)28-39(63)30-53(70)78-37(2)27-48(36)66/h3-24,36-41,46-52,54-56,58,62-69,71,75H,25-35H2,1-2H3,(H,61,74)(H,72,73)/b4-3+,7-5+,8-6+,11-9+,12-10+,19-13+,20-14+/t36-,37-,38+,39+,40-,41-,47+,48-,49+,50-,51+,52-,54+,55-,56-,58-,60+/m0/s1. The number of ether oxygens (including phenoxy) is 5. The quantitative estimate of drug-likeness (QED) is 0.184. The summed E-state index contributed by atoms with van der Waals surface area (Å²) in [4.78, 5) is 38.7. The number of benzene rings is 2. The van der Waals surface area contributed by atoms with Gasteiger partial charge in [0.15, 0.2) is 12.1 Å². The fourth-order valence-electron chi connectivity index (χ4n) is 10.4. The first-order valence-corrected chi connectivity index (χ1v) is 27.2. The monoisotopic (exact) mass is 1120 g/mol. The lowest BCUT2D eigenvalue weighted by atomic mass is 9.82. The lowest BCUT2D eigenvalue weighted by molar-refractivity contribution is -0.305. The normalized spacial score (nSPS) is 37.7. The third-order valence-electron chi connectivity index (χ3n) is 14.6.